The Hall–Kier alpha value is -3.09. The molecule has 0 aliphatic rings. The Morgan fingerprint density at radius 2 is 1.96 bits per heavy atom. The normalized spacial score (nSPS) is 10.7. The number of hydrogen-bond donors (Lipinski definition) is 1. The second-order valence-corrected chi connectivity index (χ2v) is 4.90. The highest BCUT2D eigenvalue weighted by Crippen LogP contribution is 2.27. The minimum absolute atomic E-state index is 0.0518. The minimum Gasteiger partial charge on any atom is -0.508 e. The summed E-state index contributed by atoms with van der Waals surface area (Å²) in [5.74, 6) is 1.25. The molecule has 0 saturated carbocycles. The fourth-order valence-electron chi connectivity index (χ4n) is 2.43. The highest BCUT2D eigenvalue weighted by molar-refractivity contribution is 5.78. The van der Waals surface area contributed by atoms with E-state index in [1.165, 1.54) is 37.1 Å². The van der Waals surface area contributed by atoms with E-state index in [4.69, 9.17) is 9.47 Å². The first-order valence-electron chi connectivity index (χ1n) is 6.86. The zero-order valence-electron chi connectivity index (χ0n) is 12.9. The number of phenolic OH excluding ortho intramolecular Hbond substituents is 1. The Bertz CT molecular complexity index is 950. The summed E-state index contributed by atoms with van der Waals surface area (Å²) < 4.78 is 11.8. The number of rotatable bonds is 3. The van der Waals surface area contributed by atoms with Gasteiger partial charge in [0.1, 0.15) is 17.3 Å². The molecule has 118 valence electrons. The summed E-state index contributed by atoms with van der Waals surface area (Å²) >= 11 is 0. The van der Waals surface area contributed by atoms with E-state index in [0.717, 1.165) is 0 Å². The Morgan fingerprint density at radius 3 is 2.65 bits per heavy atom. The van der Waals surface area contributed by atoms with Crippen molar-refractivity contribution in [3.8, 4) is 23.1 Å². The van der Waals surface area contributed by atoms with Gasteiger partial charge in [0.2, 0.25) is 5.88 Å². The number of phenols is 1. The van der Waals surface area contributed by atoms with Gasteiger partial charge in [-0.2, -0.15) is 0 Å². The second-order valence-electron chi connectivity index (χ2n) is 4.90. The molecule has 3 aromatic rings. The molecule has 0 aliphatic carbocycles. The van der Waals surface area contributed by atoms with Gasteiger partial charge < -0.3 is 14.6 Å². The molecule has 0 fully saturated rings. The Morgan fingerprint density at radius 1 is 1.17 bits per heavy atom. The zero-order chi connectivity index (χ0) is 16.6. The highest BCUT2D eigenvalue weighted by Gasteiger charge is 2.15. The first kappa shape index (κ1) is 14.8. The number of hydrogen-bond acceptors (Lipinski definition) is 6. The molecule has 0 bridgehead atoms. The van der Waals surface area contributed by atoms with Crippen molar-refractivity contribution in [2.24, 2.45) is 0 Å². The lowest BCUT2D eigenvalue weighted by Crippen LogP contribution is -2.23. The van der Waals surface area contributed by atoms with Crippen LogP contribution < -0.4 is 15.0 Å². The van der Waals surface area contributed by atoms with E-state index in [1.54, 1.807) is 19.1 Å². The van der Waals surface area contributed by atoms with Gasteiger partial charge in [-0.3, -0.25) is 9.36 Å². The molecule has 0 unspecified atom stereocenters. The summed E-state index contributed by atoms with van der Waals surface area (Å²) in [4.78, 5) is 21.4. The van der Waals surface area contributed by atoms with E-state index in [2.05, 4.69) is 9.97 Å². The summed E-state index contributed by atoms with van der Waals surface area (Å²) in [6.45, 7) is 1.72. The molecule has 7 nitrogen and oxygen atoms in total. The van der Waals surface area contributed by atoms with E-state index >= 15 is 0 Å². The zero-order valence-corrected chi connectivity index (χ0v) is 12.9. The Labute approximate surface area is 131 Å². The van der Waals surface area contributed by atoms with Crippen LogP contribution >= 0.6 is 0 Å². The van der Waals surface area contributed by atoms with Crippen molar-refractivity contribution in [2.45, 2.75) is 6.92 Å². The lowest BCUT2D eigenvalue weighted by atomic mass is 10.2. The first-order chi connectivity index (χ1) is 11.0. The molecule has 2 aromatic heterocycles. The maximum atomic E-state index is 12.9. The molecular weight excluding hydrogens is 298 g/mol. The number of aryl methyl sites for hydroxylation is 1. The van der Waals surface area contributed by atoms with Crippen molar-refractivity contribution in [2.75, 3.05) is 14.2 Å². The van der Waals surface area contributed by atoms with Crippen LogP contribution in [0.25, 0.3) is 16.6 Å². The quantitative estimate of drug-likeness (QED) is 0.793. The molecule has 23 heavy (non-hydrogen) atoms. The molecule has 1 aromatic carbocycles. The molecule has 0 spiro atoms. The highest BCUT2D eigenvalue weighted by atomic mass is 16.5. The van der Waals surface area contributed by atoms with Crippen LogP contribution in [0.5, 0.6) is 17.4 Å². The molecule has 0 atom stereocenters. The minimum atomic E-state index is -0.266. The van der Waals surface area contributed by atoms with Crippen LogP contribution in [-0.2, 0) is 0 Å². The lowest BCUT2D eigenvalue weighted by molar-refractivity contribution is 0.398. The van der Waals surface area contributed by atoms with Gasteiger partial charge in [-0.1, -0.05) is 0 Å². The van der Waals surface area contributed by atoms with Gasteiger partial charge in [0.25, 0.3) is 5.56 Å². The van der Waals surface area contributed by atoms with Crippen LogP contribution in [0.4, 0.5) is 0 Å². The summed E-state index contributed by atoms with van der Waals surface area (Å²) in [6, 6.07) is 6.08. The molecule has 3 rings (SSSR count). The monoisotopic (exact) mass is 313 g/mol. The number of pyridine rings is 1. The number of ether oxygens (including phenoxy) is 2. The predicted octanol–water partition coefficient (Wildman–Crippen LogP) is 1.81. The van der Waals surface area contributed by atoms with Gasteiger partial charge in [-0.15, -0.1) is 0 Å². The number of fused-ring (bicyclic) bond motifs is 1. The largest absolute Gasteiger partial charge is 0.508 e. The van der Waals surface area contributed by atoms with Crippen molar-refractivity contribution in [3.63, 3.8) is 0 Å². The third kappa shape index (κ3) is 2.46. The smallest absolute Gasteiger partial charge is 0.266 e. The van der Waals surface area contributed by atoms with Gasteiger partial charge in [0, 0.05) is 12.1 Å². The third-order valence-electron chi connectivity index (χ3n) is 3.51. The van der Waals surface area contributed by atoms with E-state index in [0.29, 0.717) is 34.0 Å². The van der Waals surface area contributed by atoms with Crippen LogP contribution in [0.2, 0.25) is 0 Å². The molecule has 7 heteroatoms. The van der Waals surface area contributed by atoms with Crippen LogP contribution in [-0.4, -0.2) is 33.9 Å². The van der Waals surface area contributed by atoms with Crippen LogP contribution in [0.15, 0.2) is 35.3 Å². The number of methoxy groups -OCH3 is 2. The molecule has 2 heterocycles. The first-order valence-corrected chi connectivity index (χ1v) is 6.86. The average Bonchev–Trinajstić information content (AvgIpc) is 2.55. The van der Waals surface area contributed by atoms with Crippen molar-refractivity contribution < 1.29 is 14.6 Å². The molecular formula is C16H15N3O4. The van der Waals surface area contributed by atoms with E-state index in [9.17, 15) is 9.90 Å². The lowest BCUT2D eigenvalue weighted by Gasteiger charge is -2.14. The number of benzene rings is 1. The van der Waals surface area contributed by atoms with E-state index < -0.39 is 0 Å². The molecule has 0 saturated heterocycles. The van der Waals surface area contributed by atoms with Crippen molar-refractivity contribution in [1.29, 1.82) is 0 Å². The maximum absolute atomic E-state index is 12.9. The Balaban J connectivity index is 2.36. The van der Waals surface area contributed by atoms with Crippen molar-refractivity contribution in [1.82, 2.24) is 14.5 Å². The topological polar surface area (TPSA) is 86.5 Å². The fraction of sp³-hybridized carbons (Fsp3) is 0.188. The number of aromatic nitrogens is 3. The molecule has 0 aliphatic heterocycles. The van der Waals surface area contributed by atoms with Crippen LogP contribution in [0.1, 0.15) is 5.82 Å². The summed E-state index contributed by atoms with van der Waals surface area (Å²) in [6.07, 6.45) is 1.50. The predicted molar refractivity (Wildman–Crippen MR) is 84.6 cm³/mol. The van der Waals surface area contributed by atoms with Gasteiger partial charge in [-0.25, -0.2) is 9.97 Å². The maximum Gasteiger partial charge on any atom is 0.266 e. The van der Waals surface area contributed by atoms with Gasteiger partial charge in [-0.05, 0) is 19.1 Å². The van der Waals surface area contributed by atoms with Crippen molar-refractivity contribution in [3.05, 3.63) is 46.6 Å². The van der Waals surface area contributed by atoms with Gasteiger partial charge >= 0.3 is 0 Å². The molecule has 0 radical (unpaired) electrons. The van der Waals surface area contributed by atoms with Crippen LogP contribution in [0, 0.1) is 6.92 Å². The van der Waals surface area contributed by atoms with E-state index in [-0.39, 0.29) is 11.3 Å². The SMILES string of the molecule is COc1cc2c(=O)n(-c3ccc(O)cc3OC)c(C)nc2cn1. The number of nitrogens with zero attached hydrogens (tertiary/aromatic N) is 3. The molecule has 1 N–H and O–H groups in total. The van der Waals surface area contributed by atoms with Gasteiger partial charge in [0.05, 0.1) is 37.0 Å². The summed E-state index contributed by atoms with van der Waals surface area (Å²) in [7, 11) is 2.96. The third-order valence-corrected chi connectivity index (χ3v) is 3.51. The van der Waals surface area contributed by atoms with Crippen molar-refractivity contribution >= 4 is 10.9 Å². The summed E-state index contributed by atoms with van der Waals surface area (Å²) in [5.41, 5.74) is 0.720. The summed E-state index contributed by atoms with van der Waals surface area (Å²) in [5, 5.41) is 9.97. The van der Waals surface area contributed by atoms with E-state index in [1.807, 2.05) is 0 Å². The molecule has 0 amide bonds. The Kier molecular flexibility index (Phi) is 3.61. The fourth-order valence-corrected chi connectivity index (χ4v) is 2.43. The number of aromatic hydroxyl groups is 1. The van der Waals surface area contributed by atoms with Crippen LogP contribution in [0.3, 0.4) is 0 Å². The standard InChI is InChI=1S/C16H15N3O4/c1-9-18-12-8-17-15(23-3)7-11(12)16(21)19(9)13-5-4-10(20)6-14(13)22-2/h4-8,20H,1-3H3. The van der Waals surface area contributed by atoms with Gasteiger partial charge in [0.15, 0.2) is 0 Å². The second kappa shape index (κ2) is 5.60. The average molecular weight is 313 g/mol.